The third kappa shape index (κ3) is 9.88. The van der Waals surface area contributed by atoms with E-state index in [2.05, 4.69) is 0 Å². The number of benzene rings is 1. The van der Waals surface area contributed by atoms with E-state index >= 15 is 0 Å². The molecule has 0 aliphatic carbocycles. The molecule has 0 spiro atoms. The molecule has 0 aliphatic rings. The average molecular weight is 370 g/mol. The highest BCUT2D eigenvalue weighted by molar-refractivity contribution is 5.67. The Kier molecular flexibility index (Phi) is 9.13. The highest BCUT2D eigenvalue weighted by Gasteiger charge is 2.21. The van der Waals surface area contributed by atoms with E-state index < -0.39 is 23.5 Å². The van der Waals surface area contributed by atoms with Gasteiger partial charge in [-0.1, -0.05) is 13.8 Å². The van der Waals surface area contributed by atoms with Crippen LogP contribution in [-0.2, 0) is 16.1 Å². The lowest BCUT2D eigenvalue weighted by atomic mass is 10.2. The molecule has 0 radical (unpaired) electrons. The van der Waals surface area contributed by atoms with E-state index in [1.807, 2.05) is 13.8 Å². The van der Waals surface area contributed by atoms with Crippen LogP contribution in [-0.4, -0.2) is 28.6 Å². The van der Waals surface area contributed by atoms with Gasteiger partial charge in [-0.05, 0) is 53.7 Å². The van der Waals surface area contributed by atoms with Crippen molar-refractivity contribution in [2.75, 3.05) is 0 Å². The van der Waals surface area contributed by atoms with Crippen LogP contribution in [0.3, 0.4) is 0 Å². The van der Waals surface area contributed by atoms with Gasteiger partial charge in [0, 0.05) is 11.6 Å². The van der Waals surface area contributed by atoms with E-state index in [-0.39, 0.29) is 18.1 Å². The zero-order valence-electron chi connectivity index (χ0n) is 16.8. The average Bonchev–Trinajstić information content (AvgIpc) is 2.45. The van der Waals surface area contributed by atoms with Crippen molar-refractivity contribution in [3.63, 3.8) is 0 Å². The van der Waals surface area contributed by atoms with Crippen molar-refractivity contribution in [1.29, 1.82) is 0 Å². The second kappa shape index (κ2) is 10.0. The summed E-state index contributed by atoms with van der Waals surface area (Å²) >= 11 is 0. The molecule has 0 saturated carbocycles. The molecule has 1 N–H and O–H groups in total. The second-order valence-corrected chi connectivity index (χ2v) is 7.06. The van der Waals surface area contributed by atoms with Crippen molar-refractivity contribution in [3.8, 4) is 11.5 Å². The summed E-state index contributed by atoms with van der Waals surface area (Å²) in [7, 11) is 0. The highest BCUT2D eigenvalue weighted by Crippen LogP contribution is 2.27. The summed E-state index contributed by atoms with van der Waals surface area (Å²) in [6.07, 6.45) is -1.81. The molecule has 7 nitrogen and oxygen atoms in total. The molecule has 0 aromatic heterocycles. The van der Waals surface area contributed by atoms with E-state index in [4.69, 9.17) is 18.9 Å². The number of ether oxygens (including phenoxy) is 4. The summed E-state index contributed by atoms with van der Waals surface area (Å²) < 4.78 is 20.2. The maximum absolute atomic E-state index is 11.8. The second-order valence-electron chi connectivity index (χ2n) is 7.06. The normalized spacial score (nSPS) is 11.0. The summed E-state index contributed by atoms with van der Waals surface area (Å²) in [6, 6.07) is 4.23. The minimum Gasteiger partial charge on any atom is -0.428 e. The molecule has 26 heavy (non-hydrogen) atoms. The Bertz CT molecular complexity index is 595. The molecule has 148 valence electrons. The maximum Gasteiger partial charge on any atom is 0.514 e. The molecule has 0 bridgehead atoms. The predicted molar refractivity (Wildman–Crippen MR) is 97.4 cm³/mol. The van der Waals surface area contributed by atoms with Crippen molar-refractivity contribution in [2.45, 2.75) is 73.2 Å². The van der Waals surface area contributed by atoms with Gasteiger partial charge < -0.3 is 24.1 Å². The van der Waals surface area contributed by atoms with E-state index in [0.29, 0.717) is 5.56 Å². The fourth-order valence-electron chi connectivity index (χ4n) is 1.55. The molecule has 0 atom stereocenters. The SMILES string of the molecule is CC.CC(C)(C)OC(=O)Oc1ccc(CO)c(OC(=O)OC(C)(C)C)c1. The topological polar surface area (TPSA) is 91.3 Å². The summed E-state index contributed by atoms with van der Waals surface area (Å²) in [5.41, 5.74) is -1.07. The Labute approximate surface area is 155 Å². The van der Waals surface area contributed by atoms with Crippen LogP contribution in [0.15, 0.2) is 18.2 Å². The molecule has 1 rings (SSSR count). The molecule has 7 heteroatoms. The minimum atomic E-state index is -0.924. The van der Waals surface area contributed by atoms with Gasteiger partial charge in [-0.3, -0.25) is 0 Å². The molecular weight excluding hydrogens is 340 g/mol. The Hall–Kier alpha value is -2.28. The van der Waals surface area contributed by atoms with Crippen molar-refractivity contribution in [1.82, 2.24) is 0 Å². The van der Waals surface area contributed by atoms with Gasteiger partial charge in [0.15, 0.2) is 0 Å². The Morgan fingerprint density at radius 2 is 1.35 bits per heavy atom. The van der Waals surface area contributed by atoms with Crippen molar-refractivity contribution >= 4 is 12.3 Å². The number of hydrogen-bond donors (Lipinski definition) is 1. The van der Waals surface area contributed by atoms with Crippen LogP contribution in [0.25, 0.3) is 0 Å². The zero-order chi connectivity index (χ0) is 20.5. The van der Waals surface area contributed by atoms with E-state index in [1.165, 1.54) is 18.2 Å². The maximum atomic E-state index is 11.8. The third-order valence-electron chi connectivity index (χ3n) is 2.38. The van der Waals surface area contributed by atoms with Crippen LogP contribution in [0.5, 0.6) is 11.5 Å². The Morgan fingerprint density at radius 1 is 0.885 bits per heavy atom. The van der Waals surface area contributed by atoms with E-state index in [1.54, 1.807) is 41.5 Å². The summed E-state index contributed by atoms with van der Waals surface area (Å²) in [6.45, 7) is 13.9. The van der Waals surface area contributed by atoms with Gasteiger partial charge in [-0.15, -0.1) is 0 Å². The van der Waals surface area contributed by atoms with E-state index in [0.717, 1.165) is 0 Å². The van der Waals surface area contributed by atoms with Crippen LogP contribution in [0.2, 0.25) is 0 Å². The smallest absolute Gasteiger partial charge is 0.428 e. The van der Waals surface area contributed by atoms with Crippen LogP contribution in [0.1, 0.15) is 61.0 Å². The van der Waals surface area contributed by atoms with Gasteiger partial charge >= 0.3 is 12.3 Å². The molecule has 0 saturated heterocycles. The van der Waals surface area contributed by atoms with Gasteiger partial charge in [-0.2, -0.15) is 0 Å². The highest BCUT2D eigenvalue weighted by atomic mass is 16.7. The Morgan fingerprint density at radius 3 is 1.77 bits per heavy atom. The van der Waals surface area contributed by atoms with Gasteiger partial charge in [0.2, 0.25) is 0 Å². The first-order chi connectivity index (χ1) is 11.9. The fraction of sp³-hybridized carbons (Fsp3) is 0.579. The van der Waals surface area contributed by atoms with Crippen molar-refractivity contribution in [2.24, 2.45) is 0 Å². The lowest BCUT2D eigenvalue weighted by molar-refractivity contribution is 0.0201. The van der Waals surface area contributed by atoms with E-state index in [9.17, 15) is 14.7 Å². The van der Waals surface area contributed by atoms with Crippen molar-refractivity contribution < 1.29 is 33.6 Å². The fourth-order valence-corrected chi connectivity index (χ4v) is 1.55. The number of carbonyl (C=O) groups excluding carboxylic acids is 2. The number of aliphatic hydroxyl groups is 1. The largest absolute Gasteiger partial charge is 0.514 e. The number of aliphatic hydroxyl groups excluding tert-OH is 1. The minimum absolute atomic E-state index is 0.0350. The predicted octanol–water partition coefficient (Wildman–Crippen LogP) is 4.83. The molecule has 0 aliphatic heterocycles. The molecule has 0 heterocycles. The summed E-state index contributed by atoms with van der Waals surface area (Å²) in [4.78, 5) is 23.4. The molecule has 1 aromatic carbocycles. The van der Waals surface area contributed by atoms with Gasteiger partial charge in [0.05, 0.1) is 6.61 Å². The summed E-state index contributed by atoms with van der Waals surface area (Å²) in [5.74, 6) is 0.146. The molecule has 0 amide bonds. The number of hydrogen-bond acceptors (Lipinski definition) is 7. The zero-order valence-corrected chi connectivity index (χ0v) is 16.8. The third-order valence-corrected chi connectivity index (χ3v) is 2.38. The lowest BCUT2D eigenvalue weighted by Gasteiger charge is -2.20. The van der Waals surface area contributed by atoms with Gasteiger partial charge in [0.25, 0.3) is 0 Å². The first kappa shape index (κ1) is 23.7. The van der Waals surface area contributed by atoms with Crippen LogP contribution in [0, 0.1) is 0 Å². The van der Waals surface area contributed by atoms with Crippen molar-refractivity contribution in [3.05, 3.63) is 23.8 Å². The van der Waals surface area contributed by atoms with Crippen LogP contribution < -0.4 is 9.47 Å². The standard InChI is InChI=1S/C17H24O7.C2H6/c1-16(2,3)23-14(19)21-12-8-7-11(10-18)13(9-12)22-15(20)24-17(4,5)6;1-2/h7-9,18H,10H2,1-6H3;1-2H3. The quantitative estimate of drug-likeness (QED) is 0.601. The summed E-state index contributed by atoms with van der Waals surface area (Å²) in [5, 5.41) is 9.32. The number of rotatable bonds is 3. The molecule has 0 unspecified atom stereocenters. The number of carbonyl (C=O) groups is 2. The van der Waals surface area contributed by atoms with Crippen LogP contribution in [0.4, 0.5) is 9.59 Å². The Balaban J connectivity index is 0.00000301. The monoisotopic (exact) mass is 370 g/mol. The van der Waals surface area contributed by atoms with Gasteiger partial charge in [0.1, 0.15) is 22.7 Å². The first-order valence-corrected chi connectivity index (χ1v) is 8.45. The molecule has 1 aromatic rings. The van der Waals surface area contributed by atoms with Gasteiger partial charge in [-0.25, -0.2) is 9.59 Å². The lowest BCUT2D eigenvalue weighted by Crippen LogP contribution is -2.26. The molecular formula is C19H30O7. The molecule has 0 fully saturated rings. The van der Waals surface area contributed by atoms with Crippen LogP contribution >= 0.6 is 0 Å². The first-order valence-electron chi connectivity index (χ1n) is 8.45.